The Morgan fingerprint density at radius 2 is 1.83 bits per heavy atom. The van der Waals surface area contributed by atoms with Crippen LogP contribution in [0.25, 0.3) is 0 Å². The van der Waals surface area contributed by atoms with Crippen LogP contribution in [0.1, 0.15) is 31.4 Å². The van der Waals surface area contributed by atoms with Crippen LogP contribution in [-0.4, -0.2) is 108 Å². The molecular weight excluding hydrogens is 649 g/mol. The van der Waals surface area contributed by atoms with E-state index in [0.29, 0.717) is 18.8 Å². The van der Waals surface area contributed by atoms with Crippen LogP contribution < -0.4 is 10.1 Å². The number of nitrogens with zero attached hydrogens (tertiary/aromatic N) is 2. The van der Waals surface area contributed by atoms with Crippen LogP contribution in [0.3, 0.4) is 0 Å². The molecule has 13 nitrogen and oxygen atoms in total. The summed E-state index contributed by atoms with van der Waals surface area (Å²) >= 11 is 0. The first-order valence-electron chi connectivity index (χ1n) is 15.6. The number of fused-ring (bicyclic) bond motifs is 1. The molecule has 1 amide bonds. The first kappa shape index (κ1) is 36.8. The van der Waals surface area contributed by atoms with Crippen molar-refractivity contribution in [3.63, 3.8) is 0 Å². The monoisotopic (exact) mass is 695 g/mol. The van der Waals surface area contributed by atoms with E-state index < -0.39 is 47.8 Å². The normalized spacial score (nSPS) is 21.1. The molecule has 2 N–H and O–H groups in total. The second-order valence-corrected chi connectivity index (χ2v) is 18.0. The van der Waals surface area contributed by atoms with Crippen LogP contribution in [0.5, 0.6) is 5.75 Å². The van der Waals surface area contributed by atoms with Gasteiger partial charge < -0.3 is 38.8 Å². The second kappa shape index (κ2) is 16.4. The summed E-state index contributed by atoms with van der Waals surface area (Å²) in [7, 11) is -4.87. The van der Waals surface area contributed by atoms with Crippen molar-refractivity contribution in [3.05, 3.63) is 59.7 Å². The molecule has 0 spiro atoms. The molecule has 2 aliphatic rings. The number of aliphatic hydroxyl groups excluding tert-OH is 1. The van der Waals surface area contributed by atoms with Gasteiger partial charge in [0.05, 0.1) is 49.5 Å². The molecular formula is C32H46N3O10PS. The Labute approximate surface area is 277 Å². The highest BCUT2D eigenvalue weighted by atomic mass is 32.2. The van der Waals surface area contributed by atoms with Crippen LogP contribution in [0.4, 0.5) is 4.79 Å². The van der Waals surface area contributed by atoms with E-state index in [-0.39, 0.29) is 49.2 Å². The van der Waals surface area contributed by atoms with Gasteiger partial charge in [-0.2, -0.15) is 4.31 Å². The van der Waals surface area contributed by atoms with Gasteiger partial charge in [-0.1, -0.05) is 43.3 Å². The third kappa shape index (κ3) is 10.8. The molecule has 2 saturated heterocycles. The molecule has 2 aliphatic heterocycles. The Bertz CT molecular complexity index is 1500. The minimum absolute atomic E-state index is 0.0341. The maximum atomic E-state index is 13.7. The Morgan fingerprint density at radius 3 is 2.47 bits per heavy atom. The van der Waals surface area contributed by atoms with Gasteiger partial charge in [0.2, 0.25) is 10.0 Å². The van der Waals surface area contributed by atoms with Crippen molar-refractivity contribution < 1.29 is 46.7 Å². The lowest BCUT2D eigenvalue weighted by atomic mass is 10.00. The van der Waals surface area contributed by atoms with Gasteiger partial charge in [-0.05, 0) is 67.5 Å². The number of rotatable bonds is 16. The van der Waals surface area contributed by atoms with Crippen LogP contribution in [0, 0.1) is 11.8 Å². The smallest absolute Gasteiger partial charge is 0.407 e. The molecule has 0 aliphatic carbocycles. The number of nitrogens with one attached hydrogen (secondary N) is 1. The van der Waals surface area contributed by atoms with Crippen molar-refractivity contribution in [2.45, 2.75) is 56.1 Å². The molecule has 15 heteroatoms. The van der Waals surface area contributed by atoms with Gasteiger partial charge in [-0.15, -0.1) is 0 Å². The Morgan fingerprint density at radius 1 is 1.13 bits per heavy atom. The maximum absolute atomic E-state index is 13.7. The van der Waals surface area contributed by atoms with Crippen molar-refractivity contribution in [2.75, 3.05) is 53.1 Å². The highest BCUT2D eigenvalue weighted by Gasteiger charge is 2.44. The molecule has 0 aromatic heterocycles. The van der Waals surface area contributed by atoms with Gasteiger partial charge in [0.25, 0.3) is 0 Å². The van der Waals surface area contributed by atoms with Crippen molar-refractivity contribution in [2.24, 2.45) is 17.0 Å². The first-order chi connectivity index (χ1) is 22.2. The molecule has 0 bridgehead atoms. The molecule has 0 unspecified atom stereocenters. The maximum Gasteiger partial charge on any atom is 0.407 e. The highest BCUT2D eigenvalue weighted by molar-refractivity contribution is 7.89. The number of carbonyl (C=O) groups is 1. The minimum atomic E-state index is -4.01. The average molecular weight is 696 g/mol. The minimum Gasteiger partial charge on any atom is -0.497 e. The van der Waals surface area contributed by atoms with Crippen molar-refractivity contribution in [1.29, 1.82) is 0 Å². The lowest BCUT2D eigenvalue weighted by molar-refractivity contribution is -0.0907. The Balaban J connectivity index is 1.51. The van der Waals surface area contributed by atoms with E-state index in [2.05, 4.69) is 10.5 Å². The molecule has 260 valence electrons. The number of methoxy groups -OCH3 is 1. The van der Waals surface area contributed by atoms with E-state index in [1.807, 2.05) is 26.0 Å². The van der Waals surface area contributed by atoms with E-state index in [0.717, 1.165) is 11.1 Å². The predicted molar refractivity (Wildman–Crippen MR) is 177 cm³/mol. The third-order valence-electron chi connectivity index (χ3n) is 7.75. The van der Waals surface area contributed by atoms with Gasteiger partial charge in [-0.3, -0.25) is 0 Å². The molecule has 2 heterocycles. The zero-order valence-electron chi connectivity index (χ0n) is 27.5. The van der Waals surface area contributed by atoms with Crippen molar-refractivity contribution in [1.82, 2.24) is 9.62 Å². The largest absolute Gasteiger partial charge is 0.497 e. The zero-order valence-corrected chi connectivity index (χ0v) is 29.2. The number of hydrogen-bond acceptors (Lipinski definition) is 11. The molecule has 2 aromatic carbocycles. The van der Waals surface area contributed by atoms with E-state index in [9.17, 15) is 22.9 Å². The summed E-state index contributed by atoms with van der Waals surface area (Å²) in [5, 5.41) is 18.2. The third-order valence-corrected chi connectivity index (χ3v) is 10.3. The lowest BCUT2D eigenvalue weighted by Gasteiger charge is -2.31. The number of hydrogen-bond donors (Lipinski definition) is 2. The van der Waals surface area contributed by atoms with Gasteiger partial charge in [0.15, 0.2) is 12.6 Å². The van der Waals surface area contributed by atoms with Gasteiger partial charge in [-0.25, -0.2) is 13.2 Å². The summed E-state index contributed by atoms with van der Waals surface area (Å²) in [5.41, 5.74) is 1.49. The van der Waals surface area contributed by atoms with Crippen molar-refractivity contribution >= 4 is 29.5 Å². The van der Waals surface area contributed by atoms with Crippen LogP contribution >= 0.6 is 7.14 Å². The van der Waals surface area contributed by atoms with Gasteiger partial charge in [0, 0.05) is 13.1 Å². The number of alkyl carbamates (subject to hydrolysis) is 1. The van der Waals surface area contributed by atoms with E-state index in [4.69, 9.17) is 23.8 Å². The van der Waals surface area contributed by atoms with Crippen molar-refractivity contribution in [3.8, 4) is 5.75 Å². The number of benzene rings is 2. The van der Waals surface area contributed by atoms with E-state index in [1.54, 1.807) is 37.6 Å². The lowest BCUT2D eigenvalue weighted by Crippen LogP contribution is -2.51. The molecule has 5 atom stereocenters. The Kier molecular flexibility index (Phi) is 12.9. The molecule has 2 aromatic rings. The molecule has 0 saturated carbocycles. The fraction of sp³-hybridized carbons (Fsp3) is 0.562. The first-order valence-corrected chi connectivity index (χ1v) is 19.8. The number of aliphatic hydroxyl groups is 1. The number of carbonyl (C=O) groups excluding carboxylic acids is 1. The SMILES string of the molecule is COc1ccc(S(=O)(=O)N(CC(C)C)C[C@@H](O)[C@H](Cc2ccc(C=NOCP(C)(C)=O)cc2)NC(=O)O[C@H]2CO[C@H]3OCC[C@H]32)cc1. The standard InChI is InChI=1S/C32H46N3O10PS/c1-22(2)18-35(47(39,40)26-12-10-25(41-3)11-13-26)19-29(36)28(34-32(37)45-30-20-43-31-27(30)14-15-42-31)16-23-6-8-24(9-7-23)17-33-44-21-46(4,5)38/h6-13,17,22,27-31,36H,14-16,18-21H2,1-5H3,(H,34,37)/t27-,28-,29+,30-,31+/m0/s1. The van der Waals surface area contributed by atoms with Crippen LogP contribution in [0.2, 0.25) is 0 Å². The zero-order chi connectivity index (χ0) is 34.2. The molecule has 0 radical (unpaired) electrons. The van der Waals surface area contributed by atoms with Gasteiger partial charge >= 0.3 is 6.09 Å². The summed E-state index contributed by atoms with van der Waals surface area (Å²) in [6.45, 7) is 7.61. The second-order valence-electron chi connectivity index (χ2n) is 12.7. The summed E-state index contributed by atoms with van der Waals surface area (Å²) in [4.78, 5) is 18.4. The number of sulfonamides is 1. The Hall–Kier alpha value is -3.00. The fourth-order valence-electron chi connectivity index (χ4n) is 5.33. The fourth-order valence-corrected chi connectivity index (χ4v) is 7.29. The predicted octanol–water partition coefficient (Wildman–Crippen LogP) is 3.73. The number of amides is 1. The number of ether oxygens (including phenoxy) is 4. The summed E-state index contributed by atoms with van der Waals surface area (Å²) in [6.07, 6.45) is -0.526. The van der Waals surface area contributed by atoms with Crippen LogP contribution in [-0.2, 0) is 40.1 Å². The summed E-state index contributed by atoms with van der Waals surface area (Å²) < 4.78 is 62.5. The molecule has 47 heavy (non-hydrogen) atoms. The quantitative estimate of drug-likeness (QED) is 0.150. The van der Waals surface area contributed by atoms with Gasteiger partial charge in [0.1, 0.15) is 19.0 Å². The van der Waals surface area contributed by atoms with Crippen LogP contribution in [0.15, 0.2) is 58.6 Å². The molecule has 2 fully saturated rings. The van der Waals surface area contributed by atoms with E-state index in [1.165, 1.54) is 29.8 Å². The summed E-state index contributed by atoms with van der Waals surface area (Å²) in [5.74, 6) is 0.401. The summed E-state index contributed by atoms with van der Waals surface area (Å²) in [6, 6.07) is 12.3. The topological polar surface area (TPSA) is 162 Å². The highest BCUT2D eigenvalue weighted by Crippen LogP contribution is 2.35. The van der Waals surface area contributed by atoms with E-state index >= 15 is 0 Å². The average Bonchev–Trinajstić information content (AvgIpc) is 3.64. The molecule has 4 rings (SSSR count). The number of oxime groups is 1.